The number of nitrogens with two attached hydrogens (primary N) is 1. The Hall–Kier alpha value is -1.76. The molecule has 1 saturated carbocycles. The van der Waals surface area contributed by atoms with E-state index in [0.29, 0.717) is 23.2 Å². The fourth-order valence-corrected chi connectivity index (χ4v) is 2.86. The highest BCUT2D eigenvalue weighted by Crippen LogP contribution is 2.30. The van der Waals surface area contributed by atoms with Crippen molar-refractivity contribution >= 4 is 11.5 Å². The summed E-state index contributed by atoms with van der Waals surface area (Å²) in [5.41, 5.74) is 6.90. The highest BCUT2D eigenvalue weighted by molar-refractivity contribution is 5.59. The van der Waals surface area contributed by atoms with Gasteiger partial charge in [0.2, 0.25) is 0 Å². The topological polar surface area (TPSA) is 65.9 Å². The molecule has 108 valence electrons. The van der Waals surface area contributed by atoms with Crippen LogP contribution in [0.1, 0.15) is 51.5 Å². The molecule has 1 aliphatic rings. The van der Waals surface area contributed by atoms with E-state index >= 15 is 0 Å². The summed E-state index contributed by atoms with van der Waals surface area (Å²) in [5.74, 6) is 1.47. The van der Waals surface area contributed by atoms with Crippen LogP contribution in [0, 0.1) is 17.2 Å². The number of nitrogen functional groups attached to an aromatic ring is 1. The Morgan fingerprint density at radius 2 is 2.15 bits per heavy atom. The molecule has 20 heavy (non-hydrogen) atoms. The zero-order valence-corrected chi connectivity index (χ0v) is 12.5. The minimum atomic E-state index is 0.525. The maximum absolute atomic E-state index is 9.34. The lowest BCUT2D eigenvalue weighted by Gasteiger charge is -2.31. The third-order valence-corrected chi connectivity index (χ3v) is 3.99. The predicted octanol–water partition coefficient (Wildman–Crippen LogP) is 3.33. The zero-order chi connectivity index (χ0) is 14.5. The summed E-state index contributed by atoms with van der Waals surface area (Å²) in [7, 11) is 0. The Morgan fingerprint density at radius 3 is 2.75 bits per heavy atom. The molecule has 0 amide bonds. The summed E-state index contributed by atoms with van der Waals surface area (Å²) in [4.78, 5) is 6.79. The number of nitriles is 1. The van der Waals surface area contributed by atoms with Crippen molar-refractivity contribution in [1.82, 2.24) is 4.98 Å². The van der Waals surface area contributed by atoms with E-state index in [0.717, 1.165) is 18.8 Å². The second-order valence-electron chi connectivity index (χ2n) is 6.07. The highest BCUT2D eigenvalue weighted by atomic mass is 15.2. The van der Waals surface area contributed by atoms with Gasteiger partial charge in [0.25, 0.3) is 0 Å². The van der Waals surface area contributed by atoms with Crippen molar-refractivity contribution in [3.63, 3.8) is 0 Å². The average Bonchev–Trinajstić information content (AvgIpc) is 2.94. The molecule has 4 nitrogen and oxygen atoms in total. The minimum Gasteiger partial charge on any atom is -0.397 e. The van der Waals surface area contributed by atoms with Gasteiger partial charge in [0, 0.05) is 12.6 Å². The van der Waals surface area contributed by atoms with Crippen molar-refractivity contribution in [2.75, 3.05) is 17.2 Å². The van der Waals surface area contributed by atoms with Crippen LogP contribution in [0.25, 0.3) is 0 Å². The molecule has 4 heteroatoms. The number of hydrogen-bond donors (Lipinski definition) is 1. The summed E-state index contributed by atoms with van der Waals surface area (Å²) in [5, 5.41) is 9.34. The van der Waals surface area contributed by atoms with E-state index in [9.17, 15) is 5.26 Å². The molecule has 2 N–H and O–H groups in total. The van der Waals surface area contributed by atoms with Crippen molar-refractivity contribution in [2.24, 2.45) is 5.92 Å². The van der Waals surface area contributed by atoms with Crippen molar-refractivity contribution in [2.45, 2.75) is 52.0 Å². The summed E-state index contributed by atoms with van der Waals surface area (Å²) in [6, 6.07) is 4.50. The predicted molar refractivity (Wildman–Crippen MR) is 82.4 cm³/mol. The summed E-state index contributed by atoms with van der Waals surface area (Å²) < 4.78 is 0. The maximum Gasteiger partial charge on any atom is 0.146 e. The van der Waals surface area contributed by atoms with Crippen LogP contribution in [0.2, 0.25) is 0 Å². The van der Waals surface area contributed by atoms with Gasteiger partial charge in [-0.25, -0.2) is 4.98 Å². The van der Waals surface area contributed by atoms with Gasteiger partial charge in [0.05, 0.1) is 17.4 Å². The lowest BCUT2D eigenvalue weighted by atomic mass is 10.1. The van der Waals surface area contributed by atoms with E-state index < -0.39 is 0 Å². The van der Waals surface area contributed by atoms with E-state index in [1.807, 2.05) is 0 Å². The number of pyridine rings is 1. The van der Waals surface area contributed by atoms with E-state index in [1.165, 1.54) is 25.7 Å². The number of anilines is 2. The van der Waals surface area contributed by atoms with Crippen molar-refractivity contribution < 1.29 is 0 Å². The molecule has 0 aliphatic heterocycles. The first kappa shape index (κ1) is 14.6. The van der Waals surface area contributed by atoms with Gasteiger partial charge in [-0.05, 0) is 31.2 Å². The second kappa shape index (κ2) is 6.60. The number of aromatic nitrogens is 1. The largest absolute Gasteiger partial charge is 0.397 e. The van der Waals surface area contributed by atoms with Gasteiger partial charge in [-0.1, -0.05) is 26.7 Å². The molecule has 0 spiro atoms. The molecule has 0 saturated heterocycles. The van der Waals surface area contributed by atoms with Crippen molar-refractivity contribution in [3.05, 3.63) is 17.8 Å². The normalized spacial score (nSPS) is 15.5. The lowest BCUT2D eigenvalue weighted by Crippen LogP contribution is -2.36. The van der Waals surface area contributed by atoms with Crippen LogP contribution in [-0.2, 0) is 0 Å². The van der Waals surface area contributed by atoms with Crippen molar-refractivity contribution in [1.29, 1.82) is 5.26 Å². The van der Waals surface area contributed by atoms with Crippen LogP contribution in [0.15, 0.2) is 12.3 Å². The Labute approximate surface area is 121 Å². The molecule has 1 aromatic heterocycles. The maximum atomic E-state index is 9.34. The van der Waals surface area contributed by atoms with Crippen LogP contribution >= 0.6 is 0 Å². The third kappa shape index (κ3) is 3.41. The summed E-state index contributed by atoms with van der Waals surface area (Å²) >= 11 is 0. The highest BCUT2D eigenvalue weighted by Gasteiger charge is 2.25. The fourth-order valence-electron chi connectivity index (χ4n) is 2.86. The molecule has 1 fully saturated rings. The van der Waals surface area contributed by atoms with Crippen LogP contribution in [0.5, 0.6) is 0 Å². The average molecular weight is 272 g/mol. The van der Waals surface area contributed by atoms with Gasteiger partial charge in [-0.2, -0.15) is 5.26 Å². The quantitative estimate of drug-likeness (QED) is 0.892. The second-order valence-corrected chi connectivity index (χ2v) is 6.07. The van der Waals surface area contributed by atoms with Crippen LogP contribution in [0.3, 0.4) is 0 Å². The summed E-state index contributed by atoms with van der Waals surface area (Å²) in [6.45, 7) is 5.43. The van der Waals surface area contributed by atoms with Crippen LogP contribution < -0.4 is 10.6 Å². The monoisotopic (exact) mass is 272 g/mol. The Morgan fingerprint density at radius 1 is 1.45 bits per heavy atom. The molecule has 0 radical (unpaired) electrons. The first-order valence-corrected chi connectivity index (χ1v) is 7.54. The molecular weight excluding hydrogens is 248 g/mol. The number of rotatable bonds is 5. The summed E-state index contributed by atoms with van der Waals surface area (Å²) in [6.07, 6.45) is 7.74. The zero-order valence-electron chi connectivity index (χ0n) is 12.5. The number of nitrogens with zero attached hydrogens (tertiary/aromatic N) is 3. The van der Waals surface area contributed by atoms with Gasteiger partial charge in [0.1, 0.15) is 11.9 Å². The standard InChI is InChI=1S/C16H24N4/c1-12(2)7-8-20(15-5-3-4-6-15)16-13(10-17)9-14(18)11-19-16/h9,11-12,15H,3-8,18H2,1-2H3. The van der Waals surface area contributed by atoms with Crippen LogP contribution in [-0.4, -0.2) is 17.6 Å². The Bertz CT molecular complexity index is 484. The molecule has 1 heterocycles. The Kier molecular flexibility index (Phi) is 4.84. The molecule has 0 aromatic carbocycles. The third-order valence-electron chi connectivity index (χ3n) is 3.99. The SMILES string of the molecule is CC(C)CCN(c1ncc(N)cc1C#N)C1CCCC1. The molecule has 0 bridgehead atoms. The molecule has 0 unspecified atom stereocenters. The van der Waals surface area contributed by atoms with Gasteiger partial charge in [-0.3, -0.25) is 0 Å². The van der Waals surface area contributed by atoms with Gasteiger partial charge in [-0.15, -0.1) is 0 Å². The van der Waals surface area contributed by atoms with Gasteiger partial charge >= 0.3 is 0 Å². The first-order valence-electron chi connectivity index (χ1n) is 7.54. The molecule has 1 aromatic rings. The molecule has 1 aliphatic carbocycles. The molecular formula is C16H24N4. The van der Waals surface area contributed by atoms with Crippen LogP contribution in [0.4, 0.5) is 11.5 Å². The van der Waals surface area contributed by atoms with E-state index in [-0.39, 0.29) is 0 Å². The van der Waals surface area contributed by atoms with E-state index in [4.69, 9.17) is 5.73 Å². The fraction of sp³-hybridized carbons (Fsp3) is 0.625. The molecule has 2 rings (SSSR count). The van der Waals surface area contributed by atoms with E-state index in [1.54, 1.807) is 12.3 Å². The Balaban J connectivity index is 2.27. The minimum absolute atomic E-state index is 0.525. The van der Waals surface area contributed by atoms with E-state index in [2.05, 4.69) is 29.8 Å². The van der Waals surface area contributed by atoms with Gasteiger partial charge < -0.3 is 10.6 Å². The number of hydrogen-bond acceptors (Lipinski definition) is 4. The first-order chi connectivity index (χ1) is 9.61. The smallest absolute Gasteiger partial charge is 0.146 e. The lowest BCUT2D eigenvalue weighted by molar-refractivity contribution is 0.525. The van der Waals surface area contributed by atoms with Gasteiger partial charge in [0.15, 0.2) is 0 Å². The molecule has 0 atom stereocenters. The van der Waals surface area contributed by atoms with Crippen molar-refractivity contribution in [3.8, 4) is 6.07 Å².